The van der Waals surface area contributed by atoms with Crippen molar-refractivity contribution in [3.05, 3.63) is 65.7 Å². The second kappa shape index (κ2) is 8.22. The molecule has 2 aromatic carbocycles. The Morgan fingerprint density at radius 1 is 1.04 bits per heavy atom. The summed E-state index contributed by atoms with van der Waals surface area (Å²) >= 11 is 0. The molecule has 1 fully saturated rings. The van der Waals surface area contributed by atoms with Gasteiger partial charge in [-0.25, -0.2) is 0 Å². The predicted octanol–water partition coefficient (Wildman–Crippen LogP) is 1.73. The van der Waals surface area contributed by atoms with Gasteiger partial charge in [-0.3, -0.25) is 9.59 Å². The van der Waals surface area contributed by atoms with Crippen LogP contribution in [0.2, 0.25) is 0 Å². The van der Waals surface area contributed by atoms with Crippen molar-refractivity contribution in [1.82, 2.24) is 10.6 Å². The van der Waals surface area contributed by atoms with Crippen LogP contribution in [0.15, 0.2) is 54.6 Å². The van der Waals surface area contributed by atoms with E-state index >= 15 is 0 Å². The molecule has 0 unspecified atom stereocenters. The van der Waals surface area contributed by atoms with Crippen LogP contribution in [0, 0.1) is 5.92 Å². The number of carbonyl (C=O) groups excluding carboxylic acids is 2. The van der Waals surface area contributed by atoms with Crippen LogP contribution in [-0.2, 0) is 21.7 Å². The molecule has 1 aliphatic carbocycles. The average Bonchev–Trinajstić information content (AvgIpc) is 3.56. The monoisotopic (exact) mass is 368 g/mol. The van der Waals surface area contributed by atoms with E-state index in [1.54, 1.807) is 13.2 Å². The van der Waals surface area contributed by atoms with Crippen molar-refractivity contribution in [3.63, 3.8) is 0 Å². The highest BCUT2D eigenvalue weighted by atomic mass is 16.5. The molecule has 1 saturated carbocycles. The molecule has 6 nitrogen and oxygen atoms in total. The Balaban J connectivity index is 1.57. The number of methoxy groups -OCH3 is 1. The summed E-state index contributed by atoms with van der Waals surface area (Å²) in [6.07, 6.45) is 1.81. The van der Waals surface area contributed by atoms with E-state index in [4.69, 9.17) is 4.74 Å². The fraction of sp³-hybridized carbons (Fsp3) is 0.333. The maximum absolute atomic E-state index is 12.2. The lowest BCUT2D eigenvalue weighted by Gasteiger charge is -2.29. The van der Waals surface area contributed by atoms with Gasteiger partial charge in [0.25, 0.3) is 0 Å². The lowest BCUT2D eigenvalue weighted by atomic mass is 9.88. The third-order valence-electron chi connectivity index (χ3n) is 4.88. The van der Waals surface area contributed by atoms with Gasteiger partial charge in [-0.15, -0.1) is 0 Å². The maximum Gasteiger partial charge on any atom is 0.309 e. The number of amides is 2. The third-order valence-corrected chi connectivity index (χ3v) is 4.88. The molecule has 0 radical (unpaired) electrons. The number of nitrogens with one attached hydrogen (secondary N) is 2. The molecular weight excluding hydrogens is 344 g/mol. The molecule has 2 amide bonds. The molecule has 0 bridgehead atoms. The minimum atomic E-state index is -1.15. The van der Waals surface area contributed by atoms with Gasteiger partial charge in [-0.2, -0.15) is 0 Å². The fourth-order valence-corrected chi connectivity index (χ4v) is 3.17. The SMILES string of the molecule is COc1ccccc1CNC(=O)C(=O)NC[C@](O)(c1ccccc1)C1CC1. The lowest BCUT2D eigenvalue weighted by molar-refractivity contribution is -0.140. The van der Waals surface area contributed by atoms with Crippen LogP contribution in [0.4, 0.5) is 0 Å². The minimum Gasteiger partial charge on any atom is -0.496 e. The van der Waals surface area contributed by atoms with Gasteiger partial charge in [0.15, 0.2) is 0 Å². The van der Waals surface area contributed by atoms with E-state index in [0.29, 0.717) is 5.75 Å². The van der Waals surface area contributed by atoms with Crippen LogP contribution in [0.1, 0.15) is 24.0 Å². The zero-order chi connectivity index (χ0) is 19.3. The van der Waals surface area contributed by atoms with E-state index in [9.17, 15) is 14.7 Å². The Morgan fingerprint density at radius 3 is 2.33 bits per heavy atom. The van der Waals surface area contributed by atoms with E-state index in [1.165, 1.54) is 0 Å². The molecule has 2 aromatic rings. The van der Waals surface area contributed by atoms with Crippen LogP contribution in [0.25, 0.3) is 0 Å². The normalized spacial score (nSPS) is 15.5. The summed E-state index contributed by atoms with van der Waals surface area (Å²) in [4.78, 5) is 24.3. The highest BCUT2D eigenvalue weighted by Crippen LogP contribution is 2.45. The van der Waals surface area contributed by atoms with E-state index in [0.717, 1.165) is 24.0 Å². The fourth-order valence-electron chi connectivity index (χ4n) is 3.17. The number of ether oxygens (including phenoxy) is 1. The number of para-hydroxylation sites is 1. The molecule has 0 saturated heterocycles. The maximum atomic E-state index is 12.2. The number of rotatable bonds is 7. The molecule has 3 N–H and O–H groups in total. The van der Waals surface area contributed by atoms with Crippen molar-refractivity contribution < 1.29 is 19.4 Å². The van der Waals surface area contributed by atoms with E-state index < -0.39 is 17.4 Å². The largest absolute Gasteiger partial charge is 0.496 e. The first kappa shape index (κ1) is 18.9. The summed E-state index contributed by atoms with van der Waals surface area (Å²) in [5.74, 6) is -0.769. The van der Waals surface area contributed by atoms with Gasteiger partial charge in [0, 0.05) is 12.1 Å². The van der Waals surface area contributed by atoms with Gasteiger partial charge < -0.3 is 20.5 Å². The Kier molecular flexibility index (Phi) is 5.76. The topological polar surface area (TPSA) is 87.7 Å². The van der Waals surface area contributed by atoms with Gasteiger partial charge in [0.1, 0.15) is 11.4 Å². The van der Waals surface area contributed by atoms with Crippen molar-refractivity contribution in [2.45, 2.75) is 25.0 Å². The van der Waals surface area contributed by atoms with E-state index in [-0.39, 0.29) is 19.0 Å². The summed E-state index contributed by atoms with van der Waals surface area (Å²) in [5, 5.41) is 16.2. The average molecular weight is 368 g/mol. The Morgan fingerprint density at radius 2 is 1.67 bits per heavy atom. The van der Waals surface area contributed by atoms with Gasteiger partial charge in [0.05, 0.1) is 13.7 Å². The summed E-state index contributed by atoms with van der Waals surface area (Å²) in [6.45, 7) is 0.185. The first-order chi connectivity index (χ1) is 13.0. The van der Waals surface area contributed by atoms with E-state index in [1.807, 2.05) is 48.5 Å². The summed E-state index contributed by atoms with van der Waals surface area (Å²) in [7, 11) is 1.55. The van der Waals surface area contributed by atoms with Crippen molar-refractivity contribution in [2.75, 3.05) is 13.7 Å². The van der Waals surface area contributed by atoms with Crippen LogP contribution in [-0.4, -0.2) is 30.6 Å². The highest BCUT2D eigenvalue weighted by molar-refractivity contribution is 6.35. The van der Waals surface area contributed by atoms with Gasteiger partial charge in [-0.1, -0.05) is 48.5 Å². The molecule has 142 valence electrons. The Hall–Kier alpha value is -2.86. The zero-order valence-electron chi connectivity index (χ0n) is 15.3. The number of benzene rings is 2. The van der Waals surface area contributed by atoms with Crippen LogP contribution in [0.5, 0.6) is 5.75 Å². The van der Waals surface area contributed by atoms with E-state index in [2.05, 4.69) is 10.6 Å². The molecule has 0 aromatic heterocycles. The second-order valence-electron chi connectivity index (χ2n) is 6.74. The number of aliphatic hydroxyl groups is 1. The van der Waals surface area contributed by atoms with Crippen molar-refractivity contribution >= 4 is 11.8 Å². The Labute approximate surface area is 158 Å². The summed E-state index contributed by atoms with van der Waals surface area (Å²) in [5.41, 5.74) is 0.377. The van der Waals surface area contributed by atoms with Crippen molar-refractivity contribution in [3.8, 4) is 5.75 Å². The zero-order valence-corrected chi connectivity index (χ0v) is 15.3. The van der Waals surface area contributed by atoms with Crippen LogP contribution >= 0.6 is 0 Å². The van der Waals surface area contributed by atoms with Crippen LogP contribution in [0.3, 0.4) is 0 Å². The second-order valence-corrected chi connectivity index (χ2v) is 6.74. The molecule has 3 rings (SSSR count). The third kappa shape index (κ3) is 4.46. The first-order valence-corrected chi connectivity index (χ1v) is 9.00. The first-order valence-electron chi connectivity index (χ1n) is 9.00. The van der Waals surface area contributed by atoms with Crippen molar-refractivity contribution in [1.29, 1.82) is 0 Å². The molecule has 6 heteroatoms. The molecule has 0 spiro atoms. The number of carbonyl (C=O) groups is 2. The van der Waals surface area contributed by atoms with Gasteiger partial charge in [-0.05, 0) is 30.4 Å². The Bertz CT molecular complexity index is 805. The standard InChI is InChI=1S/C21H24N2O4/c1-27-18-10-6-5-7-15(18)13-22-19(24)20(25)23-14-21(26,17-11-12-17)16-8-3-2-4-9-16/h2-10,17,26H,11-14H2,1H3,(H,22,24)(H,23,25)/t21-/m0/s1. The predicted molar refractivity (Wildman–Crippen MR) is 101 cm³/mol. The molecule has 1 aliphatic rings. The van der Waals surface area contributed by atoms with Crippen LogP contribution < -0.4 is 15.4 Å². The molecule has 0 aliphatic heterocycles. The quantitative estimate of drug-likeness (QED) is 0.650. The molecular formula is C21H24N2O4. The molecule has 0 heterocycles. The molecule has 1 atom stereocenters. The van der Waals surface area contributed by atoms with Crippen molar-refractivity contribution in [2.24, 2.45) is 5.92 Å². The smallest absolute Gasteiger partial charge is 0.309 e. The summed E-state index contributed by atoms with van der Waals surface area (Å²) < 4.78 is 5.23. The van der Waals surface area contributed by atoms with Gasteiger partial charge >= 0.3 is 11.8 Å². The molecule has 27 heavy (non-hydrogen) atoms. The lowest BCUT2D eigenvalue weighted by Crippen LogP contribution is -2.47. The summed E-state index contributed by atoms with van der Waals surface area (Å²) in [6, 6.07) is 16.5. The minimum absolute atomic E-state index is 0.00257. The number of hydrogen-bond donors (Lipinski definition) is 3. The number of hydrogen-bond acceptors (Lipinski definition) is 4. The highest BCUT2D eigenvalue weighted by Gasteiger charge is 2.45. The van der Waals surface area contributed by atoms with Gasteiger partial charge in [0.2, 0.25) is 0 Å².